The highest BCUT2D eigenvalue weighted by molar-refractivity contribution is 5.79. The van der Waals surface area contributed by atoms with Crippen LogP contribution in [0.4, 0.5) is 0 Å². The Morgan fingerprint density at radius 2 is 1.55 bits per heavy atom. The first kappa shape index (κ1) is 14.1. The van der Waals surface area contributed by atoms with Crippen LogP contribution in [-0.2, 0) is 11.2 Å². The number of carbonyl (C=O) groups excluding carboxylic acids is 1. The second-order valence-electron chi connectivity index (χ2n) is 4.77. The van der Waals surface area contributed by atoms with Crippen molar-refractivity contribution in [1.29, 1.82) is 0 Å². The van der Waals surface area contributed by atoms with E-state index in [1.165, 1.54) is 5.56 Å². The summed E-state index contributed by atoms with van der Waals surface area (Å²) in [5, 5.41) is 0. The lowest BCUT2D eigenvalue weighted by atomic mass is 10.1. The molecule has 2 rings (SSSR count). The predicted molar refractivity (Wildman–Crippen MR) is 78.6 cm³/mol. The summed E-state index contributed by atoms with van der Waals surface area (Å²) >= 11 is 0. The molecule has 0 radical (unpaired) electrons. The van der Waals surface area contributed by atoms with E-state index in [1.807, 2.05) is 55.5 Å². The number of rotatable bonds is 5. The molecule has 2 aromatic carbocycles. The van der Waals surface area contributed by atoms with Gasteiger partial charge in [-0.1, -0.05) is 29.8 Å². The smallest absolute Gasteiger partial charge is 0.234 e. The van der Waals surface area contributed by atoms with Crippen LogP contribution in [0.3, 0.4) is 0 Å². The number of primary amides is 1. The number of ether oxygens (including phenoxy) is 1. The van der Waals surface area contributed by atoms with Gasteiger partial charge in [0, 0.05) is 0 Å². The average Bonchev–Trinajstić information content (AvgIpc) is 2.43. The summed E-state index contributed by atoms with van der Waals surface area (Å²) in [6.07, 6.45) is 0.431. The topological polar surface area (TPSA) is 78.3 Å². The fourth-order valence-corrected chi connectivity index (χ4v) is 1.79. The van der Waals surface area contributed by atoms with Gasteiger partial charge in [-0.05, 0) is 43.2 Å². The normalized spacial score (nSPS) is 11.9. The van der Waals surface area contributed by atoms with Gasteiger partial charge in [-0.25, -0.2) is 0 Å². The third-order valence-electron chi connectivity index (χ3n) is 3.00. The van der Waals surface area contributed by atoms with Gasteiger partial charge in [-0.3, -0.25) is 4.79 Å². The molecule has 0 aliphatic heterocycles. The molecule has 0 heterocycles. The molecule has 2 aromatic rings. The number of carbonyl (C=O) groups is 1. The molecule has 0 spiro atoms. The highest BCUT2D eigenvalue weighted by Gasteiger charge is 2.09. The zero-order chi connectivity index (χ0) is 14.5. The highest BCUT2D eigenvalue weighted by Crippen LogP contribution is 2.22. The van der Waals surface area contributed by atoms with Crippen LogP contribution in [0.5, 0.6) is 11.5 Å². The van der Waals surface area contributed by atoms with Crippen molar-refractivity contribution in [3.63, 3.8) is 0 Å². The molecule has 20 heavy (non-hydrogen) atoms. The highest BCUT2D eigenvalue weighted by atomic mass is 16.5. The minimum absolute atomic E-state index is 0.431. The molecule has 1 atom stereocenters. The fourth-order valence-electron chi connectivity index (χ4n) is 1.79. The minimum atomic E-state index is -0.654. The summed E-state index contributed by atoms with van der Waals surface area (Å²) in [7, 11) is 0. The van der Waals surface area contributed by atoms with E-state index in [1.54, 1.807) is 0 Å². The SMILES string of the molecule is Cc1ccc(Oc2ccc(CC(N)C(N)=O)cc2)cc1. The van der Waals surface area contributed by atoms with E-state index < -0.39 is 11.9 Å². The molecule has 1 unspecified atom stereocenters. The number of aryl methyl sites for hydroxylation is 1. The van der Waals surface area contributed by atoms with E-state index in [0.29, 0.717) is 6.42 Å². The van der Waals surface area contributed by atoms with Gasteiger partial charge in [0.15, 0.2) is 0 Å². The largest absolute Gasteiger partial charge is 0.457 e. The first-order chi connectivity index (χ1) is 9.54. The maximum atomic E-state index is 10.9. The first-order valence-corrected chi connectivity index (χ1v) is 6.43. The van der Waals surface area contributed by atoms with Crippen LogP contribution in [0.1, 0.15) is 11.1 Å². The number of hydrogen-bond donors (Lipinski definition) is 2. The van der Waals surface area contributed by atoms with Crippen LogP contribution in [-0.4, -0.2) is 11.9 Å². The van der Waals surface area contributed by atoms with E-state index in [2.05, 4.69) is 0 Å². The molecule has 0 saturated heterocycles. The number of nitrogens with two attached hydrogens (primary N) is 2. The van der Waals surface area contributed by atoms with Crippen molar-refractivity contribution >= 4 is 5.91 Å². The van der Waals surface area contributed by atoms with Crippen LogP contribution >= 0.6 is 0 Å². The molecule has 1 amide bonds. The Kier molecular flexibility index (Phi) is 4.38. The second kappa shape index (κ2) is 6.21. The van der Waals surface area contributed by atoms with Crippen molar-refractivity contribution in [2.24, 2.45) is 11.5 Å². The van der Waals surface area contributed by atoms with Gasteiger partial charge in [0.05, 0.1) is 6.04 Å². The van der Waals surface area contributed by atoms with Gasteiger partial charge in [-0.15, -0.1) is 0 Å². The number of amides is 1. The lowest BCUT2D eigenvalue weighted by Crippen LogP contribution is -2.38. The Balaban J connectivity index is 2.01. The van der Waals surface area contributed by atoms with Crippen molar-refractivity contribution in [3.8, 4) is 11.5 Å². The van der Waals surface area contributed by atoms with Gasteiger partial charge >= 0.3 is 0 Å². The van der Waals surface area contributed by atoms with Crippen molar-refractivity contribution in [2.45, 2.75) is 19.4 Å². The third kappa shape index (κ3) is 3.83. The predicted octanol–water partition coefficient (Wildman–Crippen LogP) is 2.14. The van der Waals surface area contributed by atoms with E-state index >= 15 is 0 Å². The van der Waals surface area contributed by atoms with Crippen molar-refractivity contribution in [1.82, 2.24) is 0 Å². The van der Waals surface area contributed by atoms with Gasteiger partial charge in [0.25, 0.3) is 0 Å². The van der Waals surface area contributed by atoms with Crippen LogP contribution in [0, 0.1) is 6.92 Å². The number of benzene rings is 2. The average molecular weight is 270 g/mol. The summed E-state index contributed by atoms with van der Waals surface area (Å²) in [6, 6.07) is 14.6. The molecule has 0 bridgehead atoms. The maximum absolute atomic E-state index is 10.9. The Labute approximate surface area is 118 Å². The molecule has 4 nitrogen and oxygen atoms in total. The van der Waals surface area contributed by atoms with E-state index in [9.17, 15) is 4.79 Å². The molecule has 104 valence electrons. The minimum Gasteiger partial charge on any atom is -0.457 e. The lowest BCUT2D eigenvalue weighted by Gasteiger charge is -2.09. The van der Waals surface area contributed by atoms with Crippen LogP contribution < -0.4 is 16.2 Å². The van der Waals surface area contributed by atoms with Gasteiger partial charge in [0.1, 0.15) is 11.5 Å². The van der Waals surface area contributed by atoms with Crippen molar-refractivity contribution < 1.29 is 9.53 Å². The molecule has 0 saturated carbocycles. The van der Waals surface area contributed by atoms with Gasteiger partial charge in [0.2, 0.25) is 5.91 Å². The van der Waals surface area contributed by atoms with Crippen LogP contribution in [0.15, 0.2) is 48.5 Å². The van der Waals surface area contributed by atoms with E-state index in [0.717, 1.165) is 17.1 Å². The van der Waals surface area contributed by atoms with Gasteiger partial charge in [-0.2, -0.15) is 0 Å². The van der Waals surface area contributed by atoms with Crippen LogP contribution in [0.25, 0.3) is 0 Å². The van der Waals surface area contributed by atoms with Crippen molar-refractivity contribution in [2.75, 3.05) is 0 Å². The molecule has 0 aliphatic carbocycles. The molecule has 0 aliphatic rings. The molecule has 0 aromatic heterocycles. The lowest BCUT2D eigenvalue weighted by molar-refractivity contribution is -0.119. The van der Waals surface area contributed by atoms with Gasteiger partial charge < -0.3 is 16.2 Å². The zero-order valence-corrected chi connectivity index (χ0v) is 11.4. The van der Waals surface area contributed by atoms with E-state index in [4.69, 9.17) is 16.2 Å². The van der Waals surface area contributed by atoms with Crippen molar-refractivity contribution in [3.05, 3.63) is 59.7 Å². The third-order valence-corrected chi connectivity index (χ3v) is 3.00. The summed E-state index contributed by atoms with van der Waals surface area (Å²) in [5.74, 6) is 1.03. The molecular weight excluding hydrogens is 252 g/mol. The summed E-state index contributed by atoms with van der Waals surface area (Å²) in [5.41, 5.74) is 12.9. The Morgan fingerprint density at radius 3 is 2.05 bits per heavy atom. The fraction of sp³-hybridized carbons (Fsp3) is 0.188. The van der Waals surface area contributed by atoms with Crippen LogP contribution in [0.2, 0.25) is 0 Å². The standard InChI is InChI=1S/C16H18N2O2/c1-11-2-6-13(7-3-11)20-14-8-4-12(5-9-14)10-15(17)16(18)19/h2-9,15H,10,17H2,1H3,(H2,18,19). The quantitative estimate of drug-likeness (QED) is 0.873. The maximum Gasteiger partial charge on any atom is 0.234 e. The first-order valence-electron chi connectivity index (χ1n) is 6.43. The van der Waals surface area contributed by atoms with E-state index in [-0.39, 0.29) is 0 Å². The molecule has 0 fully saturated rings. The molecule has 4 heteroatoms. The Hall–Kier alpha value is -2.33. The second-order valence-corrected chi connectivity index (χ2v) is 4.77. The Bertz CT molecular complexity index is 576. The number of hydrogen-bond acceptors (Lipinski definition) is 3. The zero-order valence-electron chi connectivity index (χ0n) is 11.4. The Morgan fingerprint density at radius 1 is 1.05 bits per heavy atom. The monoisotopic (exact) mass is 270 g/mol. The molecule has 4 N–H and O–H groups in total. The summed E-state index contributed by atoms with van der Waals surface area (Å²) < 4.78 is 5.72. The summed E-state index contributed by atoms with van der Waals surface area (Å²) in [6.45, 7) is 2.03. The summed E-state index contributed by atoms with van der Waals surface area (Å²) in [4.78, 5) is 10.9. The molecular formula is C16H18N2O2.